The zero-order valence-electron chi connectivity index (χ0n) is 12.6. The van der Waals surface area contributed by atoms with Crippen molar-refractivity contribution < 1.29 is 4.79 Å². The number of likely N-dealkylation sites (tertiary alicyclic amines) is 1. The SMILES string of the molecule is CCC(CC)(CNC(=O)CN1CCC(N)CC1)SC. The predicted molar refractivity (Wildman–Crippen MR) is 83.5 cm³/mol. The summed E-state index contributed by atoms with van der Waals surface area (Å²) in [5, 5.41) is 3.10. The highest BCUT2D eigenvalue weighted by molar-refractivity contribution is 8.00. The molecule has 1 fully saturated rings. The predicted octanol–water partition coefficient (Wildman–Crippen LogP) is 1.45. The van der Waals surface area contributed by atoms with Gasteiger partial charge in [-0.15, -0.1) is 0 Å². The summed E-state index contributed by atoms with van der Waals surface area (Å²) >= 11 is 1.86. The van der Waals surface area contributed by atoms with Crippen molar-refractivity contribution >= 4 is 17.7 Å². The van der Waals surface area contributed by atoms with Crippen molar-refractivity contribution in [2.24, 2.45) is 5.73 Å². The average Bonchev–Trinajstić information content (AvgIpc) is 2.44. The molecule has 4 nitrogen and oxygen atoms in total. The van der Waals surface area contributed by atoms with Gasteiger partial charge in [0.2, 0.25) is 5.91 Å². The first kappa shape index (κ1) is 16.8. The van der Waals surface area contributed by atoms with E-state index in [-0.39, 0.29) is 10.7 Å². The van der Waals surface area contributed by atoms with E-state index in [4.69, 9.17) is 5.73 Å². The van der Waals surface area contributed by atoms with Gasteiger partial charge >= 0.3 is 0 Å². The van der Waals surface area contributed by atoms with E-state index in [1.165, 1.54) is 0 Å². The van der Waals surface area contributed by atoms with Crippen molar-refractivity contribution in [3.63, 3.8) is 0 Å². The summed E-state index contributed by atoms with van der Waals surface area (Å²) in [7, 11) is 0. The molecule has 1 amide bonds. The van der Waals surface area contributed by atoms with E-state index in [0.29, 0.717) is 12.6 Å². The van der Waals surface area contributed by atoms with Gasteiger partial charge in [-0.25, -0.2) is 0 Å². The number of piperidine rings is 1. The Labute approximate surface area is 121 Å². The van der Waals surface area contributed by atoms with Crippen LogP contribution in [0.15, 0.2) is 0 Å². The minimum atomic E-state index is 0.149. The van der Waals surface area contributed by atoms with Crippen molar-refractivity contribution in [1.29, 1.82) is 0 Å². The number of nitrogens with one attached hydrogen (secondary N) is 1. The van der Waals surface area contributed by atoms with Crippen LogP contribution in [-0.2, 0) is 4.79 Å². The molecule has 0 aromatic rings. The van der Waals surface area contributed by atoms with Crippen molar-refractivity contribution in [2.75, 3.05) is 32.4 Å². The molecule has 0 aromatic heterocycles. The van der Waals surface area contributed by atoms with Gasteiger partial charge in [-0.1, -0.05) is 13.8 Å². The molecule has 112 valence electrons. The third kappa shape index (κ3) is 5.32. The Morgan fingerprint density at radius 2 is 1.95 bits per heavy atom. The van der Waals surface area contributed by atoms with E-state index in [9.17, 15) is 4.79 Å². The molecule has 1 saturated heterocycles. The summed E-state index contributed by atoms with van der Waals surface area (Å²) in [6.45, 7) is 7.57. The van der Waals surface area contributed by atoms with Gasteiger partial charge < -0.3 is 11.1 Å². The van der Waals surface area contributed by atoms with Crippen LogP contribution in [0.1, 0.15) is 39.5 Å². The van der Waals surface area contributed by atoms with E-state index in [1.807, 2.05) is 11.8 Å². The van der Waals surface area contributed by atoms with Crippen molar-refractivity contribution in [3.8, 4) is 0 Å². The Hall–Kier alpha value is -0.260. The van der Waals surface area contributed by atoms with Crippen molar-refractivity contribution in [3.05, 3.63) is 0 Å². The lowest BCUT2D eigenvalue weighted by Gasteiger charge is -2.32. The second-order valence-electron chi connectivity index (χ2n) is 5.48. The number of carbonyl (C=O) groups excluding carboxylic acids is 1. The Kier molecular flexibility index (Phi) is 7.18. The van der Waals surface area contributed by atoms with Gasteiger partial charge in [-0.05, 0) is 31.9 Å². The minimum Gasteiger partial charge on any atom is -0.354 e. The molecule has 0 bridgehead atoms. The molecule has 3 N–H and O–H groups in total. The van der Waals surface area contributed by atoms with Crippen LogP contribution < -0.4 is 11.1 Å². The number of rotatable bonds is 7. The second kappa shape index (κ2) is 8.12. The standard InChI is InChI=1S/C14H29N3OS/c1-4-14(5-2,19-3)11-16-13(18)10-17-8-6-12(15)7-9-17/h12H,4-11,15H2,1-3H3,(H,16,18). The molecule has 1 aliphatic heterocycles. The number of amides is 1. The fourth-order valence-corrected chi connectivity index (χ4v) is 3.28. The molecular formula is C14H29N3OS. The molecule has 0 aliphatic carbocycles. The first-order valence-corrected chi connectivity index (χ1v) is 8.57. The Morgan fingerprint density at radius 3 is 2.42 bits per heavy atom. The number of nitrogens with zero attached hydrogens (tertiary/aromatic N) is 1. The highest BCUT2D eigenvalue weighted by Gasteiger charge is 2.26. The summed E-state index contributed by atoms with van der Waals surface area (Å²) in [5.41, 5.74) is 5.87. The Balaban J connectivity index is 2.31. The van der Waals surface area contributed by atoms with Crippen LogP contribution in [0.2, 0.25) is 0 Å². The molecule has 1 heterocycles. The third-order valence-corrected chi connectivity index (χ3v) is 5.92. The zero-order chi connectivity index (χ0) is 14.3. The normalized spacial score (nSPS) is 18.5. The van der Waals surface area contributed by atoms with Crippen LogP contribution in [0.5, 0.6) is 0 Å². The van der Waals surface area contributed by atoms with E-state index < -0.39 is 0 Å². The minimum absolute atomic E-state index is 0.149. The van der Waals surface area contributed by atoms with Crippen LogP contribution in [-0.4, -0.2) is 54.0 Å². The zero-order valence-corrected chi connectivity index (χ0v) is 13.4. The fraction of sp³-hybridized carbons (Fsp3) is 0.929. The van der Waals surface area contributed by atoms with Crippen molar-refractivity contribution in [1.82, 2.24) is 10.2 Å². The molecule has 0 unspecified atom stereocenters. The Morgan fingerprint density at radius 1 is 1.37 bits per heavy atom. The maximum atomic E-state index is 12.0. The molecule has 0 saturated carbocycles. The first-order chi connectivity index (χ1) is 9.05. The van der Waals surface area contributed by atoms with Crippen molar-refractivity contribution in [2.45, 2.75) is 50.3 Å². The number of thioether (sulfide) groups is 1. The van der Waals surface area contributed by atoms with Gasteiger partial charge in [-0.2, -0.15) is 11.8 Å². The largest absolute Gasteiger partial charge is 0.354 e. The van der Waals surface area contributed by atoms with Gasteiger partial charge in [0.15, 0.2) is 0 Å². The van der Waals surface area contributed by atoms with Gasteiger partial charge in [0, 0.05) is 30.4 Å². The van der Waals surface area contributed by atoms with Gasteiger partial charge in [0.05, 0.1) is 6.54 Å². The lowest BCUT2D eigenvalue weighted by molar-refractivity contribution is -0.122. The number of nitrogens with two attached hydrogens (primary N) is 1. The Bertz CT molecular complexity index is 266. The molecule has 0 atom stereocenters. The third-order valence-electron chi connectivity index (χ3n) is 4.33. The smallest absolute Gasteiger partial charge is 0.234 e. The molecule has 0 radical (unpaired) electrons. The fourth-order valence-electron chi connectivity index (χ4n) is 2.49. The van der Waals surface area contributed by atoms with Crippen LogP contribution in [0.3, 0.4) is 0 Å². The molecule has 1 aliphatic rings. The molecular weight excluding hydrogens is 258 g/mol. The van der Waals surface area contributed by atoms with Gasteiger partial charge in [-0.3, -0.25) is 9.69 Å². The van der Waals surface area contributed by atoms with Crippen LogP contribution in [0.4, 0.5) is 0 Å². The number of hydrogen-bond donors (Lipinski definition) is 2. The maximum absolute atomic E-state index is 12.0. The summed E-state index contributed by atoms with van der Waals surface area (Å²) in [4.78, 5) is 14.2. The number of carbonyl (C=O) groups is 1. The van der Waals surface area contributed by atoms with Crippen LogP contribution in [0.25, 0.3) is 0 Å². The lowest BCUT2D eigenvalue weighted by atomic mass is 10.0. The maximum Gasteiger partial charge on any atom is 0.234 e. The second-order valence-corrected chi connectivity index (χ2v) is 6.76. The molecule has 1 rings (SSSR count). The summed E-state index contributed by atoms with van der Waals surface area (Å²) in [6, 6.07) is 0.323. The highest BCUT2D eigenvalue weighted by Crippen LogP contribution is 2.29. The topological polar surface area (TPSA) is 58.4 Å². The van der Waals surface area contributed by atoms with E-state index >= 15 is 0 Å². The molecule has 19 heavy (non-hydrogen) atoms. The summed E-state index contributed by atoms with van der Waals surface area (Å²) < 4.78 is 0.194. The lowest BCUT2D eigenvalue weighted by Crippen LogP contribution is -2.47. The van der Waals surface area contributed by atoms with Crippen LogP contribution >= 0.6 is 11.8 Å². The monoisotopic (exact) mass is 287 g/mol. The summed E-state index contributed by atoms with van der Waals surface area (Å²) in [5.74, 6) is 0.149. The molecule has 0 aromatic carbocycles. The van der Waals surface area contributed by atoms with Gasteiger partial charge in [0.25, 0.3) is 0 Å². The number of hydrogen-bond acceptors (Lipinski definition) is 4. The molecule has 5 heteroatoms. The first-order valence-electron chi connectivity index (χ1n) is 7.35. The average molecular weight is 287 g/mol. The van der Waals surface area contributed by atoms with E-state index in [2.05, 4.69) is 30.3 Å². The van der Waals surface area contributed by atoms with Crippen LogP contribution in [0, 0.1) is 0 Å². The molecule has 0 spiro atoms. The van der Waals surface area contributed by atoms with E-state index in [1.54, 1.807) is 0 Å². The highest BCUT2D eigenvalue weighted by atomic mass is 32.2. The van der Waals surface area contributed by atoms with E-state index in [0.717, 1.165) is 45.3 Å². The summed E-state index contributed by atoms with van der Waals surface area (Å²) in [6.07, 6.45) is 6.32. The quantitative estimate of drug-likeness (QED) is 0.744. The van der Waals surface area contributed by atoms with Gasteiger partial charge in [0.1, 0.15) is 0 Å².